The number of nitrogens with zero attached hydrogens (tertiary/aromatic N) is 6. The van der Waals surface area contributed by atoms with Gasteiger partial charge in [-0.05, 0) is 160 Å². The summed E-state index contributed by atoms with van der Waals surface area (Å²) >= 11 is 7.04. The van der Waals surface area contributed by atoms with E-state index in [-0.39, 0.29) is 34.9 Å². The van der Waals surface area contributed by atoms with E-state index >= 15 is 0 Å². The van der Waals surface area contributed by atoms with Gasteiger partial charge in [-0.1, -0.05) is 349 Å². The van der Waals surface area contributed by atoms with Crippen molar-refractivity contribution in [2.45, 2.75) is 169 Å². The molecule has 652 valence electrons. The third kappa shape index (κ3) is 23.0. The van der Waals surface area contributed by atoms with Gasteiger partial charge in [-0.15, -0.1) is 10.2 Å². The van der Waals surface area contributed by atoms with Gasteiger partial charge in [-0.2, -0.15) is 0 Å². The van der Waals surface area contributed by atoms with Crippen LogP contribution < -0.4 is 18.9 Å². The third-order valence-corrected chi connectivity index (χ3v) is 28.3. The first-order valence-corrected chi connectivity index (χ1v) is 47.1. The van der Waals surface area contributed by atoms with Gasteiger partial charge in [0.15, 0.2) is 0 Å². The second-order valence-corrected chi connectivity index (χ2v) is 40.5. The van der Waals surface area contributed by atoms with Crippen molar-refractivity contribution < 1.29 is 42.6 Å². The van der Waals surface area contributed by atoms with Crippen molar-refractivity contribution in [2.75, 3.05) is 79.3 Å². The van der Waals surface area contributed by atoms with Crippen LogP contribution in [0.3, 0.4) is 0 Å². The quantitative estimate of drug-likeness (QED) is 0.0265. The molecule has 4 heterocycles. The molecule has 2 aliphatic heterocycles. The van der Waals surface area contributed by atoms with Gasteiger partial charge in [0, 0.05) is 20.6 Å². The van der Waals surface area contributed by atoms with Crippen LogP contribution in [0.25, 0.3) is 10.8 Å². The fraction of sp³-hybridized carbons (Fsp3) is 0.358. The molecule has 19 heteroatoms. The number of fused-ring (bicyclic) bond motifs is 1. The molecule has 0 N–H and O–H groups in total. The number of aryl methyl sites for hydroxylation is 2. The molecule has 0 unspecified atom stereocenters. The Labute approximate surface area is 757 Å². The number of ether oxygens (including phenoxy) is 9. The van der Waals surface area contributed by atoms with Crippen LogP contribution in [0.1, 0.15) is 186 Å². The largest absolute Gasteiger partial charge is 0.491 e. The van der Waals surface area contributed by atoms with E-state index in [1.165, 1.54) is 85.0 Å². The highest BCUT2D eigenvalue weighted by molar-refractivity contribution is 8.33. The molecule has 0 fully saturated rings. The molecule has 12 aromatic rings. The average Bonchev–Trinajstić information content (AvgIpc) is 1.69. The molecule has 10 aromatic carbocycles. The van der Waals surface area contributed by atoms with E-state index in [9.17, 15) is 0 Å². The molecule has 0 spiro atoms. The second-order valence-electron chi connectivity index (χ2n) is 35.9. The van der Waals surface area contributed by atoms with Gasteiger partial charge in [0.05, 0.1) is 111 Å². The summed E-state index contributed by atoms with van der Waals surface area (Å²) in [7, 11) is 0. The van der Waals surface area contributed by atoms with Crippen molar-refractivity contribution in [3.8, 4) is 23.0 Å². The molecule has 0 atom stereocenters. The second kappa shape index (κ2) is 41.9. The number of aromatic nitrogens is 6. The van der Waals surface area contributed by atoms with Gasteiger partial charge in [0.1, 0.15) is 60.8 Å². The number of rotatable bonds is 40. The minimum Gasteiger partial charge on any atom is -0.491 e. The Morgan fingerprint density at radius 1 is 0.288 bits per heavy atom. The van der Waals surface area contributed by atoms with Crippen LogP contribution in [0.5, 0.6) is 23.0 Å². The Kier molecular flexibility index (Phi) is 30.7. The fourth-order valence-corrected chi connectivity index (χ4v) is 20.6. The maximum absolute atomic E-state index is 6.38. The van der Waals surface area contributed by atoms with Gasteiger partial charge in [0.25, 0.3) is 0 Å². The number of hydrogen-bond donors (Lipinski definition) is 0. The summed E-state index contributed by atoms with van der Waals surface area (Å²) in [5.74, 6) is 3.05. The van der Waals surface area contributed by atoms with Gasteiger partial charge >= 0.3 is 0 Å². The lowest BCUT2D eigenvalue weighted by Gasteiger charge is -2.38. The molecule has 125 heavy (non-hydrogen) atoms. The molecule has 2 aromatic heterocycles. The molecule has 0 aliphatic carbocycles. The molecular formula is C106H120N6O9S4. The summed E-state index contributed by atoms with van der Waals surface area (Å²) in [6, 6.07) is 84.6. The van der Waals surface area contributed by atoms with Crippen molar-refractivity contribution in [3.05, 3.63) is 361 Å². The highest BCUT2D eigenvalue weighted by Gasteiger charge is 2.41. The summed E-state index contributed by atoms with van der Waals surface area (Å²) in [5.41, 5.74) is 17.8. The van der Waals surface area contributed by atoms with Crippen LogP contribution in [0.2, 0.25) is 0 Å². The maximum atomic E-state index is 6.38. The molecule has 0 saturated carbocycles. The molecule has 0 bridgehead atoms. The first-order valence-electron chi connectivity index (χ1n) is 43.7. The van der Waals surface area contributed by atoms with E-state index in [2.05, 4.69) is 322 Å². The topological polar surface area (TPSA) is 144 Å². The lowest BCUT2D eigenvalue weighted by atomic mass is 9.64. The zero-order valence-corrected chi connectivity index (χ0v) is 78.2. The van der Waals surface area contributed by atoms with Crippen LogP contribution in [0.15, 0.2) is 272 Å². The molecule has 15 nitrogen and oxygen atoms in total. The van der Waals surface area contributed by atoms with E-state index in [4.69, 9.17) is 42.6 Å². The van der Waals surface area contributed by atoms with Crippen LogP contribution in [-0.4, -0.2) is 109 Å². The van der Waals surface area contributed by atoms with Crippen LogP contribution in [0.4, 0.5) is 0 Å². The number of benzene rings is 10. The predicted molar refractivity (Wildman–Crippen MR) is 514 cm³/mol. The first-order chi connectivity index (χ1) is 60.3. The molecular weight excluding hydrogens is 1630 g/mol. The van der Waals surface area contributed by atoms with Crippen LogP contribution >= 0.6 is 47.0 Å². The van der Waals surface area contributed by atoms with E-state index < -0.39 is 10.8 Å². The van der Waals surface area contributed by atoms with Crippen molar-refractivity contribution in [3.63, 3.8) is 0 Å². The predicted octanol–water partition coefficient (Wildman–Crippen LogP) is 24.3. The highest BCUT2D eigenvalue weighted by atomic mass is 32.2. The summed E-state index contributed by atoms with van der Waals surface area (Å²) < 4.78 is 61.4. The minimum atomic E-state index is -0.599. The molecule has 0 amide bonds. The van der Waals surface area contributed by atoms with Gasteiger partial charge < -0.3 is 42.6 Å². The first kappa shape index (κ1) is 91.6. The van der Waals surface area contributed by atoms with Gasteiger partial charge in [-0.3, -0.25) is 0 Å². The van der Waals surface area contributed by atoms with Crippen molar-refractivity contribution in [1.82, 2.24) is 30.0 Å². The highest BCUT2D eigenvalue weighted by Crippen LogP contribution is 2.56. The van der Waals surface area contributed by atoms with Gasteiger partial charge in [0.2, 0.25) is 0 Å². The summed E-state index contributed by atoms with van der Waals surface area (Å²) in [5, 5.41) is 23.9. The van der Waals surface area contributed by atoms with E-state index in [0.717, 1.165) is 69.1 Å². The zero-order chi connectivity index (χ0) is 87.6. The maximum Gasteiger partial charge on any atom is 0.134 e. The summed E-state index contributed by atoms with van der Waals surface area (Å²) in [6.07, 6.45) is 5.78. The van der Waals surface area contributed by atoms with Crippen LogP contribution in [-0.2, 0) is 95.3 Å². The molecule has 2 aliphatic rings. The van der Waals surface area contributed by atoms with Gasteiger partial charge in [-0.25, -0.2) is 9.36 Å². The number of hydrogen-bond acceptors (Lipinski definition) is 17. The monoisotopic (exact) mass is 1750 g/mol. The van der Waals surface area contributed by atoms with E-state index in [1.54, 1.807) is 56.4 Å². The molecule has 0 saturated heterocycles. The Morgan fingerprint density at radius 2 is 0.568 bits per heavy atom. The Morgan fingerprint density at radius 3 is 0.880 bits per heavy atom. The summed E-state index contributed by atoms with van der Waals surface area (Å²) in [4.78, 5) is 2.36. The van der Waals surface area contributed by atoms with E-state index in [0.29, 0.717) is 92.4 Å². The lowest BCUT2D eigenvalue weighted by molar-refractivity contribution is 0.0446. The minimum absolute atomic E-state index is 0.0207. The van der Waals surface area contributed by atoms with Crippen molar-refractivity contribution in [2.24, 2.45) is 0 Å². The molecule has 14 rings (SSSR count). The normalized spacial score (nSPS) is 14.1. The Hall–Kier alpha value is -9.64. The Balaban J connectivity index is 0.454. The fourth-order valence-electron chi connectivity index (χ4n) is 15.8. The summed E-state index contributed by atoms with van der Waals surface area (Å²) in [6.45, 7) is 38.8. The standard InChI is InChI=1S/C106H120N6O9S4/c1-15-75-23-27-81(28-24-75)105(83-39-31-77(32-40-83)101(3,4)5,84-41-33-78(34-42-84)102(6,7)8)87-47-51-91(52-48-87)120-69-89-67-111(109-107-89)55-57-113-59-61-116-71-93-73-122-99(124-93)100-123-74-94(125-100)72-117-62-60-115-64-66-119-98-22-18-19-95-96(98)20-17-21-97(95)118-65-63-114-58-56-112-68-90(108-110-112)70-121-92-53-49-88(50-54-92)106(82-29-25-76(16-2)26-30-82,85-43-35-79(36-44-85)103(9,10)11)86-45-37-80(38-46-86)104(12,13)14/h17-54,67-68,73-74H,15-16,55-66,69-72H2,1-14H3/b100-99-. The Bertz CT molecular complexity index is 5470. The van der Waals surface area contributed by atoms with Crippen molar-refractivity contribution in [1.29, 1.82) is 0 Å². The molecule has 0 radical (unpaired) electrons. The third-order valence-electron chi connectivity index (χ3n) is 23.0. The SMILES string of the molecule is CCc1ccc(C(c2ccc(OCc3cn(CCOCCOCC4=CS/C(=C5\SC=C(COCCOCCOc6cccc7c(OCCOCCn8cc(COc9ccc(C(c%10ccc(CC)cc%10)(c%10ccc(C(C)(C)C)cc%10)c%10ccc(C(C)(C)C)cc%10)cc9)nn8)cccc67)S5)S4)nn3)cc2)(c2ccc(C(C)(C)C)cc2)c2ccc(C(C)(C)C)cc2)cc1. The zero-order valence-electron chi connectivity index (χ0n) is 75.0. The lowest BCUT2D eigenvalue weighted by Crippen LogP contribution is -2.31. The average molecular weight is 1750 g/mol. The van der Waals surface area contributed by atoms with Crippen molar-refractivity contribution >= 4 is 57.8 Å². The van der Waals surface area contributed by atoms with E-state index in [1.807, 2.05) is 48.8 Å². The smallest absolute Gasteiger partial charge is 0.134 e. The number of thioether (sulfide) groups is 4. The van der Waals surface area contributed by atoms with Crippen LogP contribution in [0, 0.1) is 0 Å².